The largest absolute Gasteiger partial charge is 0.381 e. The molecule has 0 aliphatic heterocycles. The maximum Gasteiger partial charge on any atom is 0.150 e. The second-order valence-corrected chi connectivity index (χ2v) is 2.52. The summed E-state index contributed by atoms with van der Waals surface area (Å²) in [5.41, 5.74) is 0. The number of nitrogens with zero attached hydrogens (tertiary/aromatic N) is 2. The number of imidazole rings is 1. The van der Waals surface area contributed by atoms with Crippen molar-refractivity contribution in [2.75, 3.05) is 0 Å². The van der Waals surface area contributed by atoms with Crippen LogP contribution >= 0.6 is 0 Å². The third-order valence-electron chi connectivity index (χ3n) is 1.68. The van der Waals surface area contributed by atoms with Crippen LogP contribution in [0.15, 0.2) is 37.7 Å². The molecule has 0 saturated carbocycles. The van der Waals surface area contributed by atoms with E-state index in [1.165, 1.54) is 22.9 Å². The lowest BCUT2D eigenvalue weighted by Gasteiger charge is -2.12. The summed E-state index contributed by atoms with van der Waals surface area (Å²) in [6.07, 6.45) is 4.01. The molecule has 0 radical (unpaired) electrons. The predicted molar refractivity (Wildman–Crippen MR) is 48.8 cm³/mol. The van der Waals surface area contributed by atoms with Crippen molar-refractivity contribution in [3.8, 4) is 0 Å². The maximum absolute atomic E-state index is 9.40. The predicted octanol–water partition coefficient (Wildman–Crippen LogP) is 0.779. The fourth-order valence-corrected chi connectivity index (χ4v) is 0.996. The summed E-state index contributed by atoms with van der Waals surface area (Å²) in [6.45, 7) is 6.87. The van der Waals surface area contributed by atoms with Gasteiger partial charge in [0.15, 0.2) is 6.23 Å². The first kappa shape index (κ1) is 9.70. The molecule has 2 unspecified atom stereocenters. The van der Waals surface area contributed by atoms with Gasteiger partial charge in [0.1, 0.15) is 11.9 Å². The lowest BCUT2D eigenvalue weighted by atomic mass is 10.3. The summed E-state index contributed by atoms with van der Waals surface area (Å²) >= 11 is 0. The van der Waals surface area contributed by atoms with E-state index in [1.807, 2.05) is 0 Å². The molecule has 4 heteroatoms. The van der Waals surface area contributed by atoms with Gasteiger partial charge < -0.3 is 14.8 Å². The third kappa shape index (κ3) is 1.85. The Labute approximate surface area is 76.5 Å². The van der Waals surface area contributed by atoms with Crippen molar-refractivity contribution in [3.63, 3.8) is 0 Å². The van der Waals surface area contributed by atoms with Crippen LogP contribution in [0, 0.1) is 0 Å². The zero-order valence-electron chi connectivity index (χ0n) is 7.17. The van der Waals surface area contributed by atoms with Crippen LogP contribution in [0.3, 0.4) is 0 Å². The Balaban J connectivity index is 3.01. The summed E-state index contributed by atoms with van der Waals surface area (Å²) < 4.78 is 1.42. The lowest BCUT2D eigenvalue weighted by molar-refractivity contribution is 0.134. The summed E-state index contributed by atoms with van der Waals surface area (Å²) in [5, 5.41) is 18.8. The number of aliphatic hydroxyl groups excluding tert-OH is 2. The molecule has 0 aliphatic rings. The number of rotatable bonds is 4. The van der Waals surface area contributed by atoms with Crippen LogP contribution in [0.1, 0.15) is 18.2 Å². The molecule has 0 bridgehead atoms. The van der Waals surface area contributed by atoms with Crippen molar-refractivity contribution < 1.29 is 10.2 Å². The number of hydrogen-bond acceptors (Lipinski definition) is 3. The molecule has 13 heavy (non-hydrogen) atoms. The minimum absolute atomic E-state index is 0.349. The molecule has 1 aromatic heterocycles. The first-order valence-electron chi connectivity index (χ1n) is 3.84. The number of aromatic nitrogens is 2. The fourth-order valence-electron chi connectivity index (χ4n) is 0.996. The lowest BCUT2D eigenvalue weighted by Crippen LogP contribution is -2.11. The quantitative estimate of drug-likeness (QED) is 0.673. The summed E-state index contributed by atoms with van der Waals surface area (Å²) in [5.74, 6) is 0.349. The average molecular weight is 180 g/mol. The third-order valence-corrected chi connectivity index (χ3v) is 1.68. The molecule has 1 aromatic rings. The van der Waals surface area contributed by atoms with Crippen LogP contribution in [-0.2, 0) is 0 Å². The molecule has 0 amide bonds. The molecule has 1 rings (SSSR count). The van der Waals surface area contributed by atoms with Gasteiger partial charge in [0, 0.05) is 12.4 Å². The molecule has 0 fully saturated rings. The Kier molecular flexibility index (Phi) is 3.00. The van der Waals surface area contributed by atoms with E-state index in [0.717, 1.165) is 0 Å². The van der Waals surface area contributed by atoms with Gasteiger partial charge in [-0.1, -0.05) is 12.7 Å². The Morgan fingerprint density at radius 3 is 2.62 bits per heavy atom. The highest BCUT2D eigenvalue weighted by Crippen LogP contribution is 2.15. The van der Waals surface area contributed by atoms with Crippen molar-refractivity contribution in [2.45, 2.75) is 12.3 Å². The zero-order chi connectivity index (χ0) is 9.84. The topological polar surface area (TPSA) is 58.3 Å². The van der Waals surface area contributed by atoms with Gasteiger partial charge in [-0.15, -0.1) is 6.58 Å². The molecule has 4 nitrogen and oxygen atoms in total. The van der Waals surface area contributed by atoms with Crippen LogP contribution in [0.5, 0.6) is 0 Å². The molecular formula is C9H12N2O2. The SMILES string of the molecule is C=CC(O)c1nccn1C(O)C=C. The second kappa shape index (κ2) is 4.02. The van der Waals surface area contributed by atoms with Gasteiger partial charge in [-0.2, -0.15) is 0 Å². The van der Waals surface area contributed by atoms with Crippen LogP contribution in [0.4, 0.5) is 0 Å². The van der Waals surface area contributed by atoms with Crippen LogP contribution < -0.4 is 0 Å². The van der Waals surface area contributed by atoms with Crippen LogP contribution in [-0.4, -0.2) is 19.8 Å². The second-order valence-electron chi connectivity index (χ2n) is 2.52. The highest BCUT2D eigenvalue weighted by molar-refractivity contribution is 5.05. The normalized spacial score (nSPS) is 14.9. The van der Waals surface area contributed by atoms with Crippen LogP contribution in [0.25, 0.3) is 0 Å². The van der Waals surface area contributed by atoms with Crippen molar-refractivity contribution >= 4 is 0 Å². The van der Waals surface area contributed by atoms with E-state index in [9.17, 15) is 10.2 Å². The summed E-state index contributed by atoms with van der Waals surface area (Å²) in [6, 6.07) is 0. The van der Waals surface area contributed by atoms with Gasteiger partial charge in [-0.05, 0) is 6.08 Å². The Morgan fingerprint density at radius 1 is 1.38 bits per heavy atom. The molecule has 0 aliphatic carbocycles. The van der Waals surface area contributed by atoms with Gasteiger partial charge >= 0.3 is 0 Å². The average Bonchev–Trinajstić information content (AvgIpc) is 2.63. The summed E-state index contributed by atoms with van der Waals surface area (Å²) in [4.78, 5) is 3.89. The molecule has 0 spiro atoms. The number of hydrogen-bond donors (Lipinski definition) is 2. The van der Waals surface area contributed by atoms with E-state index in [0.29, 0.717) is 5.82 Å². The van der Waals surface area contributed by atoms with Crippen molar-refractivity contribution in [3.05, 3.63) is 43.5 Å². The Bertz CT molecular complexity index is 278. The molecule has 1 heterocycles. The molecule has 70 valence electrons. The number of aliphatic hydroxyl groups is 2. The highest BCUT2D eigenvalue weighted by Gasteiger charge is 2.13. The van der Waals surface area contributed by atoms with E-state index in [2.05, 4.69) is 18.1 Å². The fraction of sp³-hybridized carbons (Fsp3) is 0.222. The van der Waals surface area contributed by atoms with Gasteiger partial charge in [-0.25, -0.2) is 4.98 Å². The highest BCUT2D eigenvalue weighted by atomic mass is 16.3. The van der Waals surface area contributed by atoms with Gasteiger partial charge in [0.2, 0.25) is 0 Å². The van der Waals surface area contributed by atoms with Gasteiger partial charge in [-0.3, -0.25) is 0 Å². The standard InChI is InChI=1S/C9H12N2O2/c1-3-7(12)9-10-5-6-11(9)8(13)4-2/h3-8,12-13H,1-2H2. The van der Waals surface area contributed by atoms with Crippen molar-refractivity contribution in [1.29, 1.82) is 0 Å². The van der Waals surface area contributed by atoms with Crippen LogP contribution in [0.2, 0.25) is 0 Å². The Morgan fingerprint density at radius 2 is 2.08 bits per heavy atom. The first-order valence-corrected chi connectivity index (χ1v) is 3.84. The van der Waals surface area contributed by atoms with E-state index >= 15 is 0 Å². The molecule has 0 saturated heterocycles. The monoisotopic (exact) mass is 180 g/mol. The molecule has 0 aromatic carbocycles. The van der Waals surface area contributed by atoms with E-state index in [1.54, 1.807) is 6.20 Å². The Hall–Kier alpha value is -1.39. The summed E-state index contributed by atoms with van der Waals surface area (Å²) in [7, 11) is 0. The van der Waals surface area contributed by atoms with Crippen molar-refractivity contribution in [2.24, 2.45) is 0 Å². The minimum atomic E-state index is -0.871. The smallest absolute Gasteiger partial charge is 0.150 e. The van der Waals surface area contributed by atoms with E-state index < -0.39 is 12.3 Å². The van der Waals surface area contributed by atoms with Crippen molar-refractivity contribution in [1.82, 2.24) is 9.55 Å². The van der Waals surface area contributed by atoms with E-state index in [4.69, 9.17) is 0 Å². The van der Waals surface area contributed by atoms with Gasteiger partial charge in [0.05, 0.1) is 0 Å². The minimum Gasteiger partial charge on any atom is -0.381 e. The maximum atomic E-state index is 9.40. The molecular weight excluding hydrogens is 168 g/mol. The first-order chi connectivity index (χ1) is 6.20. The zero-order valence-corrected chi connectivity index (χ0v) is 7.17. The molecule has 2 atom stereocenters. The van der Waals surface area contributed by atoms with Gasteiger partial charge in [0.25, 0.3) is 0 Å². The molecule has 2 N–H and O–H groups in total. The van der Waals surface area contributed by atoms with E-state index in [-0.39, 0.29) is 0 Å².